The van der Waals surface area contributed by atoms with Gasteiger partial charge in [0.15, 0.2) is 0 Å². The van der Waals surface area contributed by atoms with Gasteiger partial charge in [-0.2, -0.15) is 0 Å². The average molecular weight is 230 g/mol. The first-order chi connectivity index (χ1) is 7.51. The van der Waals surface area contributed by atoms with Gasteiger partial charge in [0.05, 0.1) is 0 Å². The summed E-state index contributed by atoms with van der Waals surface area (Å²) in [7, 11) is 4.11. The summed E-state index contributed by atoms with van der Waals surface area (Å²) in [6, 6.07) is 0.0877. The number of carbonyl (C=O) groups is 1. The van der Waals surface area contributed by atoms with Crippen molar-refractivity contribution in [2.75, 3.05) is 40.3 Å². The Bertz CT molecular complexity index is 196. The number of likely N-dealkylation sites (N-methyl/N-ethyl adjacent to an activating group) is 1. The average Bonchev–Trinajstić information content (AvgIpc) is 2.21. The minimum Gasteiger partial charge on any atom is -0.370 e. The SMILES string of the molecule is CCN(CCCN(C)C)C(CN)CC(N)=O. The second kappa shape index (κ2) is 8.50. The van der Waals surface area contributed by atoms with Gasteiger partial charge in [0.25, 0.3) is 0 Å². The van der Waals surface area contributed by atoms with Crippen molar-refractivity contribution < 1.29 is 4.79 Å². The molecule has 1 amide bonds. The molecule has 0 spiro atoms. The Balaban J connectivity index is 4.06. The quantitative estimate of drug-likeness (QED) is 0.558. The summed E-state index contributed by atoms with van der Waals surface area (Å²) in [6.07, 6.45) is 1.43. The lowest BCUT2D eigenvalue weighted by atomic mass is 10.1. The van der Waals surface area contributed by atoms with Gasteiger partial charge in [-0.1, -0.05) is 6.92 Å². The van der Waals surface area contributed by atoms with Gasteiger partial charge in [0.1, 0.15) is 0 Å². The molecule has 0 saturated heterocycles. The van der Waals surface area contributed by atoms with E-state index in [0.717, 1.165) is 26.1 Å². The Hall–Kier alpha value is -0.650. The number of primary amides is 1. The maximum absolute atomic E-state index is 10.9. The lowest BCUT2D eigenvalue weighted by molar-refractivity contribution is -0.119. The van der Waals surface area contributed by atoms with Crippen molar-refractivity contribution in [1.82, 2.24) is 9.80 Å². The van der Waals surface area contributed by atoms with E-state index in [1.165, 1.54) is 0 Å². The van der Waals surface area contributed by atoms with Gasteiger partial charge in [0.2, 0.25) is 5.91 Å². The summed E-state index contributed by atoms with van der Waals surface area (Å²) in [6.45, 7) is 5.48. The van der Waals surface area contributed by atoms with Gasteiger partial charge in [0, 0.05) is 19.0 Å². The molecule has 0 aromatic carbocycles. The zero-order valence-electron chi connectivity index (χ0n) is 10.8. The van der Waals surface area contributed by atoms with Crippen LogP contribution in [0, 0.1) is 0 Å². The van der Waals surface area contributed by atoms with E-state index in [4.69, 9.17) is 11.5 Å². The van der Waals surface area contributed by atoms with E-state index >= 15 is 0 Å². The third kappa shape index (κ3) is 6.76. The van der Waals surface area contributed by atoms with Crippen LogP contribution in [-0.2, 0) is 4.79 Å². The first kappa shape index (κ1) is 15.3. The summed E-state index contributed by atoms with van der Waals surface area (Å²) in [5, 5.41) is 0. The number of carbonyl (C=O) groups excluding carboxylic acids is 1. The normalized spacial score (nSPS) is 13.4. The van der Waals surface area contributed by atoms with Crippen molar-refractivity contribution >= 4 is 5.91 Å². The number of hydrogen-bond donors (Lipinski definition) is 2. The molecule has 0 aliphatic carbocycles. The van der Waals surface area contributed by atoms with Crippen LogP contribution >= 0.6 is 0 Å². The molecule has 0 aliphatic rings. The number of nitrogens with two attached hydrogens (primary N) is 2. The molecule has 0 rings (SSSR count). The smallest absolute Gasteiger partial charge is 0.219 e. The van der Waals surface area contributed by atoms with Crippen molar-refractivity contribution in [3.05, 3.63) is 0 Å². The molecule has 0 fully saturated rings. The van der Waals surface area contributed by atoms with E-state index in [2.05, 4.69) is 30.8 Å². The Morgan fingerprint density at radius 1 is 1.31 bits per heavy atom. The Morgan fingerprint density at radius 2 is 1.94 bits per heavy atom. The maximum atomic E-state index is 10.9. The second-order valence-corrected chi connectivity index (χ2v) is 4.35. The van der Waals surface area contributed by atoms with Crippen molar-refractivity contribution in [2.45, 2.75) is 25.8 Å². The van der Waals surface area contributed by atoms with Crippen molar-refractivity contribution in [1.29, 1.82) is 0 Å². The molecule has 0 radical (unpaired) electrons. The lowest BCUT2D eigenvalue weighted by Crippen LogP contribution is -2.44. The van der Waals surface area contributed by atoms with Crippen molar-refractivity contribution in [2.24, 2.45) is 11.5 Å². The van der Waals surface area contributed by atoms with Crippen LogP contribution in [0.15, 0.2) is 0 Å². The highest BCUT2D eigenvalue weighted by Crippen LogP contribution is 2.04. The zero-order chi connectivity index (χ0) is 12.6. The first-order valence-electron chi connectivity index (χ1n) is 5.88. The fourth-order valence-electron chi connectivity index (χ4n) is 1.78. The summed E-state index contributed by atoms with van der Waals surface area (Å²) in [4.78, 5) is 15.3. The van der Waals surface area contributed by atoms with Crippen LogP contribution in [0.5, 0.6) is 0 Å². The molecule has 16 heavy (non-hydrogen) atoms. The predicted octanol–water partition coefficient (Wildman–Crippen LogP) is -0.537. The minimum absolute atomic E-state index is 0.0877. The van der Waals surface area contributed by atoms with Crippen LogP contribution in [0.3, 0.4) is 0 Å². The van der Waals surface area contributed by atoms with E-state index in [-0.39, 0.29) is 11.9 Å². The van der Waals surface area contributed by atoms with Crippen molar-refractivity contribution in [3.63, 3.8) is 0 Å². The topological polar surface area (TPSA) is 75.6 Å². The first-order valence-corrected chi connectivity index (χ1v) is 5.88. The van der Waals surface area contributed by atoms with E-state index in [9.17, 15) is 4.79 Å². The van der Waals surface area contributed by atoms with Crippen LogP contribution in [-0.4, -0.2) is 62.0 Å². The Morgan fingerprint density at radius 3 is 2.31 bits per heavy atom. The summed E-state index contributed by atoms with van der Waals surface area (Å²) in [5.74, 6) is -0.276. The fourth-order valence-corrected chi connectivity index (χ4v) is 1.78. The molecule has 0 aromatic heterocycles. The summed E-state index contributed by atoms with van der Waals surface area (Å²) >= 11 is 0. The molecular formula is C11H26N4O. The third-order valence-corrected chi connectivity index (χ3v) is 2.68. The standard InChI is InChI=1S/C11H26N4O/c1-4-15(7-5-6-14(2)3)10(9-12)8-11(13)16/h10H,4-9,12H2,1-3H3,(H2,13,16). The van der Waals surface area contributed by atoms with E-state index in [1.54, 1.807) is 0 Å². The van der Waals surface area contributed by atoms with Gasteiger partial charge in [-0.3, -0.25) is 9.69 Å². The number of amides is 1. The van der Waals surface area contributed by atoms with Gasteiger partial charge in [-0.25, -0.2) is 0 Å². The lowest BCUT2D eigenvalue weighted by Gasteiger charge is -2.29. The largest absolute Gasteiger partial charge is 0.370 e. The molecule has 4 N–H and O–H groups in total. The molecule has 0 heterocycles. The molecule has 96 valence electrons. The molecule has 0 aliphatic heterocycles. The van der Waals surface area contributed by atoms with Gasteiger partial charge >= 0.3 is 0 Å². The summed E-state index contributed by atoms with van der Waals surface area (Å²) in [5.41, 5.74) is 10.9. The number of rotatable bonds is 9. The van der Waals surface area contributed by atoms with Crippen LogP contribution in [0.4, 0.5) is 0 Å². The van der Waals surface area contributed by atoms with Crippen LogP contribution in [0.25, 0.3) is 0 Å². The molecule has 5 nitrogen and oxygen atoms in total. The summed E-state index contributed by atoms with van der Waals surface area (Å²) < 4.78 is 0. The molecule has 0 saturated carbocycles. The monoisotopic (exact) mass is 230 g/mol. The van der Waals surface area contributed by atoms with Crippen LogP contribution in [0.1, 0.15) is 19.8 Å². The Kier molecular flexibility index (Phi) is 8.15. The highest BCUT2D eigenvalue weighted by molar-refractivity contribution is 5.74. The molecular weight excluding hydrogens is 204 g/mol. The number of hydrogen-bond acceptors (Lipinski definition) is 4. The minimum atomic E-state index is -0.276. The van der Waals surface area contributed by atoms with Gasteiger partial charge < -0.3 is 16.4 Å². The highest BCUT2D eigenvalue weighted by atomic mass is 16.1. The molecule has 0 aromatic rings. The van der Waals surface area contributed by atoms with Gasteiger partial charge in [-0.15, -0.1) is 0 Å². The van der Waals surface area contributed by atoms with Gasteiger partial charge in [-0.05, 0) is 40.2 Å². The van der Waals surface area contributed by atoms with E-state index < -0.39 is 0 Å². The predicted molar refractivity (Wildman–Crippen MR) is 67.1 cm³/mol. The highest BCUT2D eigenvalue weighted by Gasteiger charge is 2.17. The second-order valence-electron chi connectivity index (χ2n) is 4.35. The molecule has 1 unspecified atom stereocenters. The molecule has 5 heteroatoms. The third-order valence-electron chi connectivity index (χ3n) is 2.68. The fraction of sp³-hybridized carbons (Fsp3) is 0.909. The zero-order valence-corrected chi connectivity index (χ0v) is 10.8. The maximum Gasteiger partial charge on any atom is 0.219 e. The van der Waals surface area contributed by atoms with E-state index in [0.29, 0.717) is 13.0 Å². The van der Waals surface area contributed by atoms with E-state index in [1.807, 2.05) is 0 Å². The molecule has 1 atom stereocenters. The van der Waals surface area contributed by atoms with Crippen LogP contribution < -0.4 is 11.5 Å². The number of nitrogens with zero attached hydrogens (tertiary/aromatic N) is 2. The van der Waals surface area contributed by atoms with Crippen LogP contribution in [0.2, 0.25) is 0 Å². The Labute approximate surface area is 98.7 Å². The molecule has 0 bridgehead atoms. The van der Waals surface area contributed by atoms with Crippen molar-refractivity contribution in [3.8, 4) is 0 Å².